The summed E-state index contributed by atoms with van der Waals surface area (Å²) in [5.41, 5.74) is 3.87. The second kappa shape index (κ2) is 5.20. The molecule has 0 aromatic heterocycles. The Bertz CT molecular complexity index is 362. The average molecular weight is 239 g/mol. The summed E-state index contributed by atoms with van der Waals surface area (Å²) in [6.07, 6.45) is 2.25. The van der Waals surface area contributed by atoms with Crippen molar-refractivity contribution in [1.82, 2.24) is 0 Å². The average Bonchev–Trinajstić information content (AvgIpc) is 2.75. The second-order valence-electron chi connectivity index (χ2n) is 4.74. The maximum Gasteiger partial charge on any atom is 0.0725 e. The summed E-state index contributed by atoms with van der Waals surface area (Å²) < 4.78 is 5.41. The first-order chi connectivity index (χ1) is 7.70. The van der Waals surface area contributed by atoms with Crippen LogP contribution in [0.2, 0.25) is 0 Å². The predicted molar refractivity (Wildman–Crippen MR) is 67.6 cm³/mol. The summed E-state index contributed by atoms with van der Waals surface area (Å²) in [6, 6.07) is 6.51. The van der Waals surface area contributed by atoms with Crippen molar-refractivity contribution in [2.45, 2.75) is 45.3 Å². The largest absolute Gasteiger partial charge is 0.372 e. The van der Waals surface area contributed by atoms with Gasteiger partial charge in [0, 0.05) is 0 Å². The lowest BCUT2D eigenvalue weighted by atomic mass is 9.96. The first-order valence-electron chi connectivity index (χ1n) is 6.04. The number of fused-ring (bicyclic) bond motifs is 1. The van der Waals surface area contributed by atoms with Crippen LogP contribution < -0.4 is 0 Å². The first-order valence-corrected chi connectivity index (χ1v) is 6.48. The van der Waals surface area contributed by atoms with Gasteiger partial charge in [0.15, 0.2) is 0 Å². The fraction of sp³-hybridized carbons (Fsp3) is 0.571. The molecule has 2 unspecified atom stereocenters. The van der Waals surface area contributed by atoms with Crippen molar-refractivity contribution in [3.8, 4) is 0 Å². The molecule has 0 fully saturated rings. The van der Waals surface area contributed by atoms with E-state index in [1.54, 1.807) is 0 Å². The molecular formula is C14H19ClO. The van der Waals surface area contributed by atoms with Gasteiger partial charge in [0.1, 0.15) is 0 Å². The summed E-state index contributed by atoms with van der Waals surface area (Å²) in [7, 11) is 0. The second-order valence-corrected chi connectivity index (χ2v) is 5.26. The number of halogens is 1. The van der Waals surface area contributed by atoms with Gasteiger partial charge in [0.25, 0.3) is 0 Å². The molecule has 1 aliphatic heterocycles. The highest BCUT2D eigenvalue weighted by Gasteiger charge is 2.16. The van der Waals surface area contributed by atoms with Crippen molar-refractivity contribution >= 4 is 11.6 Å². The van der Waals surface area contributed by atoms with Crippen LogP contribution in [0.1, 0.15) is 48.8 Å². The van der Waals surface area contributed by atoms with Crippen molar-refractivity contribution in [2.24, 2.45) is 5.92 Å². The van der Waals surface area contributed by atoms with Gasteiger partial charge in [-0.3, -0.25) is 0 Å². The lowest BCUT2D eigenvalue weighted by Gasteiger charge is -2.15. The number of rotatable bonds is 4. The maximum atomic E-state index is 6.44. The van der Waals surface area contributed by atoms with E-state index in [4.69, 9.17) is 16.3 Å². The minimum atomic E-state index is 0.140. The fourth-order valence-electron chi connectivity index (χ4n) is 2.04. The molecule has 0 spiro atoms. The van der Waals surface area contributed by atoms with Crippen LogP contribution in [0.5, 0.6) is 0 Å². The molecule has 1 heterocycles. The van der Waals surface area contributed by atoms with Gasteiger partial charge >= 0.3 is 0 Å². The molecule has 0 amide bonds. The van der Waals surface area contributed by atoms with E-state index in [0.29, 0.717) is 5.92 Å². The fourth-order valence-corrected chi connectivity index (χ4v) is 2.48. The smallest absolute Gasteiger partial charge is 0.0725 e. The van der Waals surface area contributed by atoms with E-state index >= 15 is 0 Å². The molecule has 0 N–H and O–H groups in total. The van der Waals surface area contributed by atoms with Crippen molar-refractivity contribution < 1.29 is 4.74 Å². The zero-order valence-corrected chi connectivity index (χ0v) is 10.8. The van der Waals surface area contributed by atoms with E-state index in [9.17, 15) is 0 Å². The molecule has 0 bridgehead atoms. The Morgan fingerprint density at radius 2 is 2.06 bits per heavy atom. The van der Waals surface area contributed by atoms with Crippen LogP contribution in [0.4, 0.5) is 0 Å². The Morgan fingerprint density at radius 1 is 1.31 bits per heavy atom. The van der Waals surface area contributed by atoms with Gasteiger partial charge in [-0.15, -0.1) is 11.6 Å². The SMILES string of the molecule is CCC(C)CC(Cl)c1ccc2c(c1)COC2. The third kappa shape index (κ3) is 2.58. The first kappa shape index (κ1) is 11.9. The number of ether oxygens (including phenoxy) is 1. The molecule has 88 valence electrons. The molecule has 0 radical (unpaired) electrons. The van der Waals surface area contributed by atoms with Crippen LogP contribution >= 0.6 is 11.6 Å². The third-order valence-electron chi connectivity index (χ3n) is 3.41. The normalized spacial score (nSPS) is 18.2. The quantitative estimate of drug-likeness (QED) is 0.705. The number of benzene rings is 1. The van der Waals surface area contributed by atoms with E-state index < -0.39 is 0 Å². The summed E-state index contributed by atoms with van der Waals surface area (Å²) in [4.78, 5) is 0. The number of hydrogen-bond donors (Lipinski definition) is 0. The predicted octanol–water partition coefficient (Wildman–Crippen LogP) is 4.43. The zero-order chi connectivity index (χ0) is 11.5. The molecule has 0 saturated carbocycles. The van der Waals surface area contributed by atoms with E-state index in [0.717, 1.165) is 19.6 Å². The Hall–Kier alpha value is -0.530. The summed E-state index contributed by atoms with van der Waals surface area (Å²) >= 11 is 6.44. The number of hydrogen-bond acceptors (Lipinski definition) is 1. The van der Waals surface area contributed by atoms with Crippen molar-refractivity contribution in [1.29, 1.82) is 0 Å². The molecule has 2 heteroatoms. The lowest BCUT2D eigenvalue weighted by Crippen LogP contribution is -2.00. The number of alkyl halides is 1. The zero-order valence-electron chi connectivity index (χ0n) is 10.0. The van der Waals surface area contributed by atoms with Gasteiger partial charge < -0.3 is 4.74 Å². The Balaban J connectivity index is 2.09. The van der Waals surface area contributed by atoms with Gasteiger partial charge in [0.05, 0.1) is 18.6 Å². The van der Waals surface area contributed by atoms with Gasteiger partial charge in [-0.1, -0.05) is 38.5 Å². The Labute approximate surface area is 103 Å². The van der Waals surface area contributed by atoms with Crippen LogP contribution in [0.15, 0.2) is 18.2 Å². The standard InChI is InChI=1S/C14H19ClO/c1-3-10(2)6-14(15)11-4-5-12-8-16-9-13(12)7-11/h4-5,7,10,14H,3,6,8-9H2,1-2H3. The van der Waals surface area contributed by atoms with Gasteiger partial charge in [0.2, 0.25) is 0 Å². The Morgan fingerprint density at radius 3 is 2.81 bits per heavy atom. The molecule has 1 aromatic carbocycles. The highest BCUT2D eigenvalue weighted by Crippen LogP contribution is 2.31. The molecule has 2 rings (SSSR count). The Kier molecular flexibility index (Phi) is 3.88. The van der Waals surface area contributed by atoms with Crippen LogP contribution in [0.3, 0.4) is 0 Å². The van der Waals surface area contributed by atoms with Crippen LogP contribution in [0.25, 0.3) is 0 Å². The summed E-state index contributed by atoms with van der Waals surface area (Å²) in [6.45, 7) is 5.97. The minimum Gasteiger partial charge on any atom is -0.372 e. The summed E-state index contributed by atoms with van der Waals surface area (Å²) in [5, 5.41) is 0.140. The molecule has 16 heavy (non-hydrogen) atoms. The van der Waals surface area contributed by atoms with E-state index in [-0.39, 0.29) is 5.38 Å². The molecule has 2 atom stereocenters. The van der Waals surface area contributed by atoms with Crippen LogP contribution in [0, 0.1) is 5.92 Å². The lowest BCUT2D eigenvalue weighted by molar-refractivity contribution is 0.134. The molecule has 1 nitrogen and oxygen atoms in total. The molecule has 0 aliphatic carbocycles. The van der Waals surface area contributed by atoms with Gasteiger partial charge in [-0.05, 0) is 29.0 Å². The highest BCUT2D eigenvalue weighted by atomic mass is 35.5. The maximum absolute atomic E-state index is 6.44. The van der Waals surface area contributed by atoms with Crippen molar-refractivity contribution in [2.75, 3.05) is 0 Å². The molecular weight excluding hydrogens is 220 g/mol. The minimum absolute atomic E-state index is 0.140. The molecule has 1 aromatic rings. The van der Waals surface area contributed by atoms with Crippen molar-refractivity contribution in [3.05, 3.63) is 34.9 Å². The van der Waals surface area contributed by atoms with Gasteiger partial charge in [-0.2, -0.15) is 0 Å². The monoisotopic (exact) mass is 238 g/mol. The van der Waals surface area contributed by atoms with E-state index in [1.807, 2.05) is 0 Å². The van der Waals surface area contributed by atoms with E-state index in [1.165, 1.54) is 23.1 Å². The van der Waals surface area contributed by atoms with Gasteiger partial charge in [-0.25, -0.2) is 0 Å². The summed E-state index contributed by atoms with van der Waals surface area (Å²) in [5.74, 6) is 0.687. The highest BCUT2D eigenvalue weighted by molar-refractivity contribution is 6.20. The van der Waals surface area contributed by atoms with Crippen molar-refractivity contribution in [3.63, 3.8) is 0 Å². The topological polar surface area (TPSA) is 9.23 Å². The van der Waals surface area contributed by atoms with Crippen LogP contribution in [-0.2, 0) is 18.0 Å². The molecule has 1 aliphatic rings. The molecule has 0 saturated heterocycles. The van der Waals surface area contributed by atoms with E-state index in [2.05, 4.69) is 32.0 Å². The van der Waals surface area contributed by atoms with Crippen LogP contribution in [-0.4, -0.2) is 0 Å². The third-order valence-corrected chi connectivity index (χ3v) is 3.84.